The molecule has 1 heterocycles. The molecule has 1 N–H and O–H groups in total. The van der Waals surface area contributed by atoms with Gasteiger partial charge in [-0.25, -0.2) is 4.98 Å². The van der Waals surface area contributed by atoms with Gasteiger partial charge < -0.3 is 5.32 Å². The molecule has 1 aromatic heterocycles. The molecule has 0 aliphatic heterocycles. The number of carbonyl (C=O) groups is 1. The maximum absolute atomic E-state index is 11.8. The monoisotopic (exact) mass is 317 g/mol. The van der Waals surface area contributed by atoms with E-state index in [4.69, 9.17) is 0 Å². The second-order valence-electron chi connectivity index (χ2n) is 5.50. The summed E-state index contributed by atoms with van der Waals surface area (Å²) in [6.07, 6.45) is 6.73. The van der Waals surface area contributed by atoms with E-state index in [0.717, 1.165) is 23.9 Å². The van der Waals surface area contributed by atoms with Gasteiger partial charge in [-0.05, 0) is 36.6 Å². The number of aryl methyl sites for hydroxylation is 1. The molecule has 0 aliphatic rings. The molecule has 0 radical (unpaired) electrons. The van der Waals surface area contributed by atoms with E-state index in [2.05, 4.69) is 27.4 Å². The van der Waals surface area contributed by atoms with Gasteiger partial charge in [-0.2, -0.15) is 0 Å². The second-order valence-corrected chi connectivity index (χ2v) is 5.50. The van der Waals surface area contributed by atoms with E-state index in [1.807, 2.05) is 42.5 Å². The van der Waals surface area contributed by atoms with E-state index >= 15 is 0 Å². The molecular weight excluding hydrogens is 298 g/mol. The van der Waals surface area contributed by atoms with Crippen LogP contribution in [0.1, 0.15) is 17.7 Å². The molecule has 2 aromatic carbocycles. The average Bonchev–Trinajstić information content (AvgIpc) is 2.64. The lowest BCUT2D eigenvalue weighted by molar-refractivity contribution is -0.116. The van der Waals surface area contributed by atoms with E-state index in [0.29, 0.717) is 12.2 Å². The molecule has 1 amide bonds. The fraction of sp³-hybridized carbons (Fsp3) is 0.150. The van der Waals surface area contributed by atoms with Crippen LogP contribution in [0.25, 0.3) is 17.1 Å². The lowest BCUT2D eigenvalue weighted by Crippen LogP contribution is -2.22. The van der Waals surface area contributed by atoms with Crippen LogP contribution in [0.5, 0.6) is 0 Å². The molecule has 0 saturated heterocycles. The molecule has 4 nitrogen and oxygen atoms in total. The minimum absolute atomic E-state index is 0.113. The maximum Gasteiger partial charge on any atom is 0.244 e. The molecule has 0 bridgehead atoms. The fourth-order valence-corrected chi connectivity index (χ4v) is 2.42. The summed E-state index contributed by atoms with van der Waals surface area (Å²) in [6, 6.07) is 17.9. The first-order chi connectivity index (χ1) is 11.8. The standard InChI is InChI=1S/C20H19N3O/c24-20(21-14-6-9-16-7-2-1-3-8-16)13-12-17-15-22-18-10-4-5-11-19(18)23-17/h1-5,7-8,10-13,15H,6,9,14H2,(H,21,24)/b13-12+. The highest BCUT2D eigenvalue weighted by Gasteiger charge is 1.99. The Morgan fingerprint density at radius 2 is 1.75 bits per heavy atom. The number of nitrogens with one attached hydrogen (secondary N) is 1. The Morgan fingerprint density at radius 1 is 1.00 bits per heavy atom. The third-order valence-electron chi connectivity index (χ3n) is 3.66. The summed E-state index contributed by atoms with van der Waals surface area (Å²) in [5.41, 5.74) is 3.63. The van der Waals surface area contributed by atoms with Crippen LogP contribution in [-0.4, -0.2) is 22.4 Å². The fourth-order valence-electron chi connectivity index (χ4n) is 2.42. The zero-order valence-corrected chi connectivity index (χ0v) is 13.4. The SMILES string of the molecule is O=C(/C=C/c1cnc2ccccc2n1)NCCCc1ccccc1. The number of rotatable bonds is 6. The molecule has 0 atom stereocenters. The molecule has 24 heavy (non-hydrogen) atoms. The zero-order chi connectivity index (χ0) is 16.6. The number of para-hydroxylation sites is 2. The van der Waals surface area contributed by atoms with Gasteiger partial charge in [0.25, 0.3) is 0 Å². The van der Waals surface area contributed by atoms with Crippen molar-refractivity contribution in [3.63, 3.8) is 0 Å². The van der Waals surface area contributed by atoms with E-state index < -0.39 is 0 Å². The Bertz CT molecular complexity index is 844. The first kappa shape index (κ1) is 15.9. The van der Waals surface area contributed by atoms with Crippen LogP contribution < -0.4 is 5.32 Å². The molecule has 3 aromatic rings. The minimum Gasteiger partial charge on any atom is -0.353 e. The van der Waals surface area contributed by atoms with Crippen molar-refractivity contribution in [1.29, 1.82) is 0 Å². The quantitative estimate of drug-likeness (QED) is 0.560. The van der Waals surface area contributed by atoms with Crippen LogP contribution in [0.15, 0.2) is 66.9 Å². The van der Waals surface area contributed by atoms with Crippen LogP contribution in [0, 0.1) is 0 Å². The number of fused-ring (bicyclic) bond motifs is 1. The summed E-state index contributed by atoms with van der Waals surface area (Å²) in [5, 5.41) is 2.89. The van der Waals surface area contributed by atoms with Gasteiger partial charge in [-0.15, -0.1) is 0 Å². The lowest BCUT2D eigenvalue weighted by atomic mass is 10.1. The predicted molar refractivity (Wildman–Crippen MR) is 96.3 cm³/mol. The summed E-state index contributed by atoms with van der Waals surface area (Å²) in [7, 11) is 0. The number of nitrogens with zero attached hydrogens (tertiary/aromatic N) is 2. The number of amides is 1. The highest BCUT2D eigenvalue weighted by atomic mass is 16.1. The topological polar surface area (TPSA) is 54.9 Å². The van der Waals surface area contributed by atoms with Crippen molar-refractivity contribution >= 4 is 23.0 Å². The van der Waals surface area contributed by atoms with Crippen molar-refractivity contribution < 1.29 is 4.79 Å². The molecule has 4 heteroatoms. The Labute approximate surface area is 141 Å². The van der Waals surface area contributed by atoms with Gasteiger partial charge in [0, 0.05) is 12.6 Å². The normalized spacial score (nSPS) is 11.0. The number of carbonyl (C=O) groups excluding carboxylic acids is 1. The van der Waals surface area contributed by atoms with Crippen molar-refractivity contribution in [1.82, 2.24) is 15.3 Å². The van der Waals surface area contributed by atoms with Crippen molar-refractivity contribution in [2.45, 2.75) is 12.8 Å². The van der Waals surface area contributed by atoms with Crippen LogP contribution in [0.4, 0.5) is 0 Å². The van der Waals surface area contributed by atoms with Crippen molar-refractivity contribution in [3.05, 3.63) is 78.1 Å². The van der Waals surface area contributed by atoms with Gasteiger partial charge in [0.15, 0.2) is 0 Å². The average molecular weight is 317 g/mol. The highest BCUT2D eigenvalue weighted by molar-refractivity contribution is 5.91. The van der Waals surface area contributed by atoms with Crippen LogP contribution in [0.2, 0.25) is 0 Å². The van der Waals surface area contributed by atoms with Gasteiger partial charge in [0.05, 0.1) is 22.9 Å². The van der Waals surface area contributed by atoms with Crippen LogP contribution in [0.3, 0.4) is 0 Å². The van der Waals surface area contributed by atoms with Crippen LogP contribution >= 0.6 is 0 Å². The second kappa shape index (κ2) is 8.02. The molecule has 0 fully saturated rings. The number of benzene rings is 2. The predicted octanol–water partition coefficient (Wildman–Crippen LogP) is 3.39. The molecule has 0 unspecified atom stereocenters. The summed E-state index contributed by atoms with van der Waals surface area (Å²) in [6.45, 7) is 0.654. The first-order valence-corrected chi connectivity index (χ1v) is 8.03. The Balaban J connectivity index is 1.47. The number of hydrogen-bond acceptors (Lipinski definition) is 3. The Morgan fingerprint density at radius 3 is 2.58 bits per heavy atom. The van der Waals surface area contributed by atoms with E-state index in [1.165, 1.54) is 11.6 Å². The maximum atomic E-state index is 11.8. The molecule has 3 rings (SSSR count). The zero-order valence-electron chi connectivity index (χ0n) is 13.4. The summed E-state index contributed by atoms with van der Waals surface area (Å²) in [5.74, 6) is -0.113. The third-order valence-corrected chi connectivity index (χ3v) is 3.66. The summed E-state index contributed by atoms with van der Waals surface area (Å²) in [4.78, 5) is 20.6. The largest absolute Gasteiger partial charge is 0.353 e. The van der Waals surface area contributed by atoms with Gasteiger partial charge in [0.1, 0.15) is 0 Å². The number of aromatic nitrogens is 2. The minimum atomic E-state index is -0.113. The summed E-state index contributed by atoms with van der Waals surface area (Å²) < 4.78 is 0. The van der Waals surface area contributed by atoms with Crippen molar-refractivity contribution in [2.24, 2.45) is 0 Å². The van der Waals surface area contributed by atoms with Crippen LogP contribution in [-0.2, 0) is 11.2 Å². The van der Waals surface area contributed by atoms with Gasteiger partial charge in [0.2, 0.25) is 5.91 Å². The first-order valence-electron chi connectivity index (χ1n) is 8.03. The highest BCUT2D eigenvalue weighted by Crippen LogP contribution is 2.09. The molecule has 0 spiro atoms. The Kier molecular flexibility index (Phi) is 5.30. The summed E-state index contributed by atoms with van der Waals surface area (Å²) >= 11 is 0. The molecular formula is C20H19N3O. The third kappa shape index (κ3) is 4.49. The van der Waals surface area contributed by atoms with Gasteiger partial charge >= 0.3 is 0 Å². The number of hydrogen-bond donors (Lipinski definition) is 1. The van der Waals surface area contributed by atoms with E-state index in [-0.39, 0.29) is 5.91 Å². The molecule has 0 saturated carbocycles. The van der Waals surface area contributed by atoms with Crippen molar-refractivity contribution in [2.75, 3.05) is 6.54 Å². The smallest absolute Gasteiger partial charge is 0.244 e. The van der Waals surface area contributed by atoms with Gasteiger partial charge in [-0.1, -0.05) is 42.5 Å². The Hall–Kier alpha value is -3.01. The molecule has 0 aliphatic carbocycles. The van der Waals surface area contributed by atoms with E-state index in [1.54, 1.807) is 12.3 Å². The van der Waals surface area contributed by atoms with E-state index in [9.17, 15) is 4.79 Å². The molecule has 120 valence electrons. The van der Waals surface area contributed by atoms with Crippen molar-refractivity contribution in [3.8, 4) is 0 Å². The van der Waals surface area contributed by atoms with Gasteiger partial charge in [-0.3, -0.25) is 9.78 Å². The lowest BCUT2D eigenvalue weighted by Gasteiger charge is -2.03.